The van der Waals surface area contributed by atoms with Crippen LogP contribution >= 0.6 is 0 Å². The number of nitrogens with zero attached hydrogens (tertiary/aromatic N) is 1. The van der Waals surface area contributed by atoms with Gasteiger partial charge in [0.25, 0.3) is 0 Å². The SMILES string of the molecule is O=C1CCNCC1Cc1cncc(F)c1. The molecule has 0 bridgehead atoms. The predicted molar refractivity (Wildman–Crippen MR) is 53.9 cm³/mol. The van der Waals surface area contributed by atoms with Gasteiger partial charge in [0.05, 0.1) is 6.20 Å². The molecule has 15 heavy (non-hydrogen) atoms. The van der Waals surface area contributed by atoms with E-state index in [0.29, 0.717) is 19.4 Å². The molecule has 1 fully saturated rings. The number of Topliss-reactive ketones (excluding diaryl/α,β-unsaturated/α-hetero) is 1. The van der Waals surface area contributed by atoms with E-state index in [9.17, 15) is 9.18 Å². The maximum atomic E-state index is 12.9. The molecule has 2 heterocycles. The van der Waals surface area contributed by atoms with Crippen LogP contribution in [-0.2, 0) is 11.2 Å². The monoisotopic (exact) mass is 208 g/mol. The summed E-state index contributed by atoms with van der Waals surface area (Å²) in [6.45, 7) is 1.45. The third-order valence-electron chi connectivity index (χ3n) is 2.64. The number of halogens is 1. The molecule has 0 spiro atoms. The molecule has 1 unspecified atom stereocenters. The first-order valence-corrected chi connectivity index (χ1v) is 5.08. The quantitative estimate of drug-likeness (QED) is 0.786. The second kappa shape index (κ2) is 4.49. The molecule has 0 amide bonds. The number of carbonyl (C=O) groups is 1. The van der Waals surface area contributed by atoms with Gasteiger partial charge in [-0.1, -0.05) is 0 Å². The zero-order valence-electron chi connectivity index (χ0n) is 8.37. The fourth-order valence-corrected chi connectivity index (χ4v) is 1.84. The van der Waals surface area contributed by atoms with E-state index >= 15 is 0 Å². The first-order chi connectivity index (χ1) is 7.25. The third-order valence-corrected chi connectivity index (χ3v) is 2.64. The average molecular weight is 208 g/mol. The molecule has 1 aliphatic heterocycles. The Bertz CT molecular complexity index is 367. The van der Waals surface area contributed by atoms with Crippen LogP contribution in [0.4, 0.5) is 4.39 Å². The lowest BCUT2D eigenvalue weighted by Gasteiger charge is -2.21. The van der Waals surface area contributed by atoms with E-state index in [4.69, 9.17) is 0 Å². The van der Waals surface area contributed by atoms with Gasteiger partial charge in [-0.15, -0.1) is 0 Å². The Morgan fingerprint density at radius 1 is 1.53 bits per heavy atom. The Balaban J connectivity index is 2.04. The summed E-state index contributed by atoms with van der Waals surface area (Å²) >= 11 is 0. The summed E-state index contributed by atoms with van der Waals surface area (Å²) in [7, 11) is 0. The van der Waals surface area contributed by atoms with E-state index in [0.717, 1.165) is 12.1 Å². The highest BCUT2D eigenvalue weighted by Crippen LogP contribution is 2.13. The van der Waals surface area contributed by atoms with E-state index in [-0.39, 0.29) is 17.5 Å². The number of carbonyl (C=O) groups excluding carboxylic acids is 1. The van der Waals surface area contributed by atoms with Crippen molar-refractivity contribution in [1.82, 2.24) is 10.3 Å². The van der Waals surface area contributed by atoms with Crippen LogP contribution in [0.1, 0.15) is 12.0 Å². The molecule has 80 valence electrons. The van der Waals surface area contributed by atoms with Crippen molar-refractivity contribution in [2.24, 2.45) is 5.92 Å². The van der Waals surface area contributed by atoms with Crippen molar-refractivity contribution < 1.29 is 9.18 Å². The first-order valence-electron chi connectivity index (χ1n) is 5.08. The minimum Gasteiger partial charge on any atom is -0.316 e. The Morgan fingerprint density at radius 3 is 3.13 bits per heavy atom. The summed E-state index contributed by atoms with van der Waals surface area (Å²) in [6.07, 6.45) is 3.94. The summed E-state index contributed by atoms with van der Waals surface area (Å²) in [6, 6.07) is 1.44. The van der Waals surface area contributed by atoms with Gasteiger partial charge in [-0.05, 0) is 18.1 Å². The zero-order valence-corrected chi connectivity index (χ0v) is 8.37. The summed E-state index contributed by atoms with van der Waals surface area (Å²) in [5, 5.41) is 3.17. The Hall–Kier alpha value is -1.29. The standard InChI is InChI=1S/C11H13FN2O/c12-10-4-8(5-14-7-10)3-9-6-13-2-1-11(9)15/h4-5,7,9,13H,1-3,6H2. The van der Waals surface area contributed by atoms with Gasteiger partial charge >= 0.3 is 0 Å². The van der Waals surface area contributed by atoms with Gasteiger partial charge in [0.15, 0.2) is 0 Å². The molecular weight excluding hydrogens is 195 g/mol. The van der Waals surface area contributed by atoms with Crippen molar-refractivity contribution in [3.8, 4) is 0 Å². The number of hydrogen-bond acceptors (Lipinski definition) is 3. The van der Waals surface area contributed by atoms with Gasteiger partial charge in [-0.3, -0.25) is 9.78 Å². The van der Waals surface area contributed by atoms with Gasteiger partial charge in [-0.25, -0.2) is 4.39 Å². The molecule has 4 heteroatoms. The molecule has 0 radical (unpaired) electrons. The van der Waals surface area contributed by atoms with Crippen molar-refractivity contribution in [2.45, 2.75) is 12.8 Å². The second-order valence-electron chi connectivity index (χ2n) is 3.83. The third kappa shape index (κ3) is 2.59. The average Bonchev–Trinajstić information content (AvgIpc) is 2.22. The highest BCUT2D eigenvalue weighted by Gasteiger charge is 2.22. The van der Waals surface area contributed by atoms with Gasteiger partial charge in [0.1, 0.15) is 11.6 Å². The van der Waals surface area contributed by atoms with Crippen LogP contribution in [0.5, 0.6) is 0 Å². The molecule has 0 aliphatic carbocycles. The van der Waals surface area contributed by atoms with Gasteiger partial charge in [-0.2, -0.15) is 0 Å². The Labute approximate surface area is 87.7 Å². The molecule has 1 aromatic heterocycles. The zero-order chi connectivity index (χ0) is 10.7. The Kier molecular flexibility index (Phi) is 3.06. The lowest BCUT2D eigenvalue weighted by atomic mass is 9.92. The smallest absolute Gasteiger partial charge is 0.141 e. The second-order valence-corrected chi connectivity index (χ2v) is 3.83. The highest BCUT2D eigenvalue weighted by molar-refractivity contribution is 5.82. The van der Waals surface area contributed by atoms with Crippen LogP contribution in [0.25, 0.3) is 0 Å². The Morgan fingerprint density at radius 2 is 2.40 bits per heavy atom. The molecule has 1 aliphatic rings. The molecular formula is C11H13FN2O. The number of hydrogen-bond donors (Lipinski definition) is 1. The van der Waals surface area contributed by atoms with Crippen LogP contribution in [0.2, 0.25) is 0 Å². The summed E-state index contributed by atoms with van der Waals surface area (Å²) in [5.74, 6) is -0.107. The van der Waals surface area contributed by atoms with Crippen LogP contribution in [0.15, 0.2) is 18.5 Å². The summed E-state index contributed by atoms with van der Waals surface area (Å²) in [4.78, 5) is 15.3. The molecule has 2 rings (SSSR count). The predicted octanol–water partition coefficient (Wildman–Crippen LogP) is 0.942. The number of piperidine rings is 1. The maximum Gasteiger partial charge on any atom is 0.141 e. The van der Waals surface area contributed by atoms with E-state index in [2.05, 4.69) is 10.3 Å². The largest absolute Gasteiger partial charge is 0.316 e. The maximum absolute atomic E-state index is 12.9. The molecule has 1 aromatic rings. The minimum atomic E-state index is -0.344. The van der Waals surface area contributed by atoms with Crippen LogP contribution < -0.4 is 5.32 Å². The van der Waals surface area contributed by atoms with E-state index in [1.807, 2.05) is 0 Å². The lowest BCUT2D eigenvalue weighted by molar-refractivity contribution is -0.123. The van der Waals surface area contributed by atoms with Crippen molar-refractivity contribution in [2.75, 3.05) is 13.1 Å². The first kappa shape index (κ1) is 10.2. The molecule has 1 N–H and O–H groups in total. The lowest BCUT2D eigenvalue weighted by Crippen LogP contribution is -2.37. The van der Waals surface area contributed by atoms with Gasteiger partial charge in [0.2, 0.25) is 0 Å². The molecule has 0 saturated carbocycles. The van der Waals surface area contributed by atoms with Gasteiger partial charge < -0.3 is 5.32 Å². The van der Waals surface area contributed by atoms with Crippen molar-refractivity contribution in [3.05, 3.63) is 29.8 Å². The number of rotatable bonds is 2. The minimum absolute atomic E-state index is 0.0256. The topological polar surface area (TPSA) is 42.0 Å². The molecule has 1 atom stereocenters. The summed E-state index contributed by atoms with van der Waals surface area (Å²) < 4.78 is 12.9. The van der Waals surface area contributed by atoms with Gasteiger partial charge in [0, 0.05) is 31.6 Å². The van der Waals surface area contributed by atoms with Crippen molar-refractivity contribution in [1.29, 1.82) is 0 Å². The summed E-state index contributed by atoms with van der Waals surface area (Å²) in [5.41, 5.74) is 0.789. The number of ketones is 1. The number of aromatic nitrogens is 1. The molecule has 1 saturated heterocycles. The number of nitrogens with one attached hydrogen (secondary N) is 1. The fourth-order valence-electron chi connectivity index (χ4n) is 1.84. The highest BCUT2D eigenvalue weighted by atomic mass is 19.1. The van der Waals surface area contributed by atoms with Crippen LogP contribution in [-0.4, -0.2) is 23.9 Å². The molecule has 3 nitrogen and oxygen atoms in total. The van der Waals surface area contributed by atoms with Crippen molar-refractivity contribution in [3.63, 3.8) is 0 Å². The van der Waals surface area contributed by atoms with Crippen LogP contribution in [0, 0.1) is 11.7 Å². The van der Waals surface area contributed by atoms with Crippen molar-refractivity contribution >= 4 is 5.78 Å². The molecule has 0 aromatic carbocycles. The fraction of sp³-hybridized carbons (Fsp3) is 0.455. The number of pyridine rings is 1. The van der Waals surface area contributed by atoms with E-state index in [1.165, 1.54) is 12.3 Å². The normalized spacial score (nSPS) is 21.7. The van der Waals surface area contributed by atoms with E-state index < -0.39 is 0 Å². The van der Waals surface area contributed by atoms with Crippen LogP contribution in [0.3, 0.4) is 0 Å². The van der Waals surface area contributed by atoms with E-state index in [1.54, 1.807) is 6.20 Å².